The molecule has 0 heterocycles. The van der Waals surface area contributed by atoms with Crippen molar-refractivity contribution in [2.75, 3.05) is 11.9 Å². The molecular weight excluding hydrogens is 335 g/mol. The first kappa shape index (κ1) is 18.4. The van der Waals surface area contributed by atoms with E-state index in [0.29, 0.717) is 17.4 Å². The summed E-state index contributed by atoms with van der Waals surface area (Å²) >= 11 is 3.17. The predicted octanol–water partition coefficient (Wildman–Crippen LogP) is 3.86. The molecular formula is C13H19BrClFN2O. The van der Waals surface area contributed by atoms with Crippen LogP contribution in [0.25, 0.3) is 0 Å². The van der Waals surface area contributed by atoms with E-state index in [4.69, 9.17) is 5.73 Å². The van der Waals surface area contributed by atoms with Gasteiger partial charge in [0.15, 0.2) is 0 Å². The summed E-state index contributed by atoms with van der Waals surface area (Å²) in [7, 11) is 0. The smallest absolute Gasteiger partial charge is 0.224 e. The number of nitrogens with two attached hydrogens (primary N) is 1. The Labute approximate surface area is 127 Å². The van der Waals surface area contributed by atoms with Crippen molar-refractivity contribution in [1.82, 2.24) is 0 Å². The number of anilines is 1. The maximum Gasteiger partial charge on any atom is 0.224 e. The summed E-state index contributed by atoms with van der Waals surface area (Å²) < 4.78 is 14.1. The van der Waals surface area contributed by atoms with Crippen molar-refractivity contribution in [2.45, 2.75) is 32.1 Å². The highest BCUT2D eigenvalue weighted by molar-refractivity contribution is 9.10. The van der Waals surface area contributed by atoms with Crippen LogP contribution in [0.5, 0.6) is 0 Å². The van der Waals surface area contributed by atoms with Gasteiger partial charge in [0.1, 0.15) is 5.82 Å². The molecule has 0 saturated heterocycles. The van der Waals surface area contributed by atoms with Crippen LogP contribution in [0.3, 0.4) is 0 Å². The van der Waals surface area contributed by atoms with E-state index in [0.717, 1.165) is 25.7 Å². The van der Waals surface area contributed by atoms with Crippen LogP contribution >= 0.6 is 28.3 Å². The van der Waals surface area contributed by atoms with Crippen molar-refractivity contribution in [3.8, 4) is 0 Å². The summed E-state index contributed by atoms with van der Waals surface area (Å²) in [6.45, 7) is 0.691. The van der Waals surface area contributed by atoms with E-state index in [2.05, 4.69) is 21.2 Å². The monoisotopic (exact) mass is 352 g/mol. The van der Waals surface area contributed by atoms with E-state index < -0.39 is 5.82 Å². The fourth-order valence-corrected chi connectivity index (χ4v) is 1.92. The fourth-order valence-electron chi connectivity index (χ4n) is 1.59. The van der Waals surface area contributed by atoms with E-state index in [1.807, 2.05) is 0 Å². The second-order valence-electron chi connectivity index (χ2n) is 4.13. The summed E-state index contributed by atoms with van der Waals surface area (Å²) in [5.74, 6) is -0.579. The van der Waals surface area contributed by atoms with Gasteiger partial charge in [-0.25, -0.2) is 4.39 Å². The molecule has 0 aliphatic heterocycles. The van der Waals surface area contributed by atoms with Crippen molar-refractivity contribution in [1.29, 1.82) is 0 Å². The molecule has 0 saturated carbocycles. The molecule has 0 bridgehead atoms. The van der Waals surface area contributed by atoms with Crippen LogP contribution in [-0.2, 0) is 4.79 Å². The van der Waals surface area contributed by atoms with Gasteiger partial charge in [0.25, 0.3) is 0 Å². The Bertz CT molecular complexity index is 404. The molecule has 1 aromatic rings. The number of nitrogens with one attached hydrogen (secondary N) is 1. The lowest BCUT2D eigenvalue weighted by atomic mass is 10.1. The summed E-state index contributed by atoms with van der Waals surface area (Å²) in [5.41, 5.74) is 5.60. The molecule has 3 nitrogen and oxygen atoms in total. The Kier molecular flexibility index (Phi) is 9.83. The lowest BCUT2D eigenvalue weighted by molar-refractivity contribution is -0.116. The van der Waals surface area contributed by atoms with Crippen LogP contribution in [0, 0.1) is 5.82 Å². The minimum Gasteiger partial charge on any atom is -0.330 e. The Morgan fingerprint density at radius 3 is 2.58 bits per heavy atom. The van der Waals surface area contributed by atoms with Crippen LogP contribution in [-0.4, -0.2) is 12.5 Å². The average molecular weight is 354 g/mol. The molecule has 0 fully saturated rings. The van der Waals surface area contributed by atoms with Gasteiger partial charge in [-0.15, -0.1) is 12.4 Å². The van der Waals surface area contributed by atoms with Crippen LogP contribution in [0.15, 0.2) is 22.7 Å². The summed E-state index contributed by atoms with van der Waals surface area (Å²) in [6.07, 6.45) is 4.23. The van der Waals surface area contributed by atoms with Gasteiger partial charge in [-0.1, -0.05) is 28.8 Å². The van der Waals surface area contributed by atoms with Crippen LogP contribution < -0.4 is 11.1 Å². The molecule has 1 amide bonds. The molecule has 0 radical (unpaired) electrons. The normalized spacial score (nSPS) is 9.84. The van der Waals surface area contributed by atoms with Crippen LogP contribution in [0.4, 0.5) is 10.1 Å². The summed E-state index contributed by atoms with van der Waals surface area (Å²) in [5, 5.41) is 2.57. The van der Waals surface area contributed by atoms with Crippen molar-refractivity contribution in [3.05, 3.63) is 28.5 Å². The third-order valence-corrected chi connectivity index (χ3v) is 3.06. The second kappa shape index (κ2) is 10.2. The van der Waals surface area contributed by atoms with Gasteiger partial charge < -0.3 is 11.1 Å². The van der Waals surface area contributed by atoms with Crippen molar-refractivity contribution in [2.24, 2.45) is 5.73 Å². The number of hydrogen-bond donors (Lipinski definition) is 2. The molecule has 19 heavy (non-hydrogen) atoms. The number of carbonyl (C=O) groups excluding carboxylic acids is 1. The number of benzene rings is 1. The number of amides is 1. The SMILES string of the molecule is Cl.NCCCCCCC(=O)Nc1ccc(Br)cc1F. The van der Waals surface area contributed by atoms with Gasteiger partial charge in [-0.2, -0.15) is 0 Å². The molecule has 1 rings (SSSR count). The Hall–Kier alpha value is -0.650. The molecule has 0 aliphatic carbocycles. The number of unbranched alkanes of at least 4 members (excludes halogenated alkanes) is 3. The van der Waals surface area contributed by atoms with Crippen LogP contribution in [0.1, 0.15) is 32.1 Å². The second-order valence-corrected chi connectivity index (χ2v) is 5.04. The third-order valence-electron chi connectivity index (χ3n) is 2.56. The molecule has 0 aromatic heterocycles. The first-order chi connectivity index (χ1) is 8.63. The largest absolute Gasteiger partial charge is 0.330 e. The van der Waals surface area contributed by atoms with Crippen molar-refractivity contribution >= 4 is 39.9 Å². The number of rotatable bonds is 7. The van der Waals surface area contributed by atoms with Gasteiger partial charge in [0.05, 0.1) is 5.69 Å². The van der Waals surface area contributed by atoms with Gasteiger partial charge in [-0.05, 0) is 37.6 Å². The van der Waals surface area contributed by atoms with Crippen molar-refractivity contribution in [3.63, 3.8) is 0 Å². The minimum absolute atomic E-state index is 0. The van der Waals surface area contributed by atoms with Gasteiger partial charge in [0, 0.05) is 10.9 Å². The Morgan fingerprint density at radius 2 is 1.95 bits per heavy atom. The standard InChI is InChI=1S/C13H18BrFN2O.ClH/c14-10-6-7-12(11(15)9-10)17-13(18)5-3-1-2-4-8-16;/h6-7,9H,1-5,8,16H2,(H,17,18);1H. The molecule has 108 valence electrons. The zero-order valence-electron chi connectivity index (χ0n) is 10.6. The molecule has 0 aliphatic rings. The van der Waals surface area contributed by atoms with E-state index in [1.54, 1.807) is 12.1 Å². The first-order valence-electron chi connectivity index (χ1n) is 6.08. The highest BCUT2D eigenvalue weighted by atomic mass is 79.9. The number of halogens is 3. The van der Waals surface area contributed by atoms with Crippen molar-refractivity contribution < 1.29 is 9.18 Å². The zero-order chi connectivity index (χ0) is 13.4. The van der Waals surface area contributed by atoms with E-state index in [1.165, 1.54) is 6.07 Å². The molecule has 0 spiro atoms. The third kappa shape index (κ3) is 7.50. The summed E-state index contributed by atoms with van der Waals surface area (Å²) in [4.78, 5) is 11.6. The summed E-state index contributed by atoms with van der Waals surface area (Å²) in [6, 6.07) is 4.57. The average Bonchev–Trinajstić information content (AvgIpc) is 2.32. The predicted molar refractivity (Wildman–Crippen MR) is 82.1 cm³/mol. The van der Waals surface area contributed by atoms with Gasteiger partial charge in [-0.3, -0.25) is 4.79 Å². The molecule has 0 atom stereocenters. The zero-order valence-corrected chi connectivity index (χ0v) is 13.0. The van der Waals surface area contributed by atoms with Gasteiger partial charge >= 0.3 is 0 Å². The lowest BCUT2D eigenvalue weighted by Crippen LogP contribution is -2.12. The van der Waals surface area contributed by atoms with Gasteiger partial charge in [0.2, 0.25) is 5.91 Å². The molecule has 1 aromatic carbocycles. The quantitative estimate of drug-likeness (QED) is 0.731. The number of hydrogen-bond acceptors (Lipinski definition) is 2. The van der Waals surface area contributed by atoms with E-state index in [9.17, 15) is 9.18 Å². The molecule has 3 N–H and O–H groups in total. The van der Waals surface area contributed by atoms with Crippen LogP contribution in [0.2, 0.25) is 0 Å². The Balaban J connectivity index is 0.00000324. The topological polar surface area (TPSA) is 55.1 Å². The maximum absolute atomic E-state index is 13.4. The molecule has 6 heteroatoms. The fraction of sp³-hybridized carbons (Fsp3) is 0.462. The first-order valence-corrected chi connectivity index (χ1v) is 6.87. The van der Waals surface area contributed by atoms with E-state index >= 15 is 0 Å². The molecule has 0 unspecified atom stereocenters. The maximum atomic E-state index is 13.4. The van der Waals surface area contributed by atoms with E-state index in [-0.39, 0.29) is 24.0 Å². The minimum atomic E-state index is -0.430. The highest BCUT2D eigenvalue weighted by Gasteiger charge is 2.06. The lowest BCUT2D eigenvalue weighted by Gasteiger charge is -2.06. The Morgan fingerprint density at radius 1 is 1.26 bits per heavy atom. The highest BCUT2D eigenvalue weighted by Crippen LogP contribution is 2.19. The number of carbonyl (C=O) groups is 1.